The molecule has 0 spiro atoms. The van der Waals surface area contributed by atoms with Crippen molar-refractivity contribution in [3.8, 4) is 0 Å². The van der Waals surface area contributed by atoms with Gasteiger partial charge in [0.25, 0.3) is 0 Å². The fourth-order valence-corrected chi connectivity index (χ4v) is 12.6. The van der Waals surface area contributed by atoms with Crippen LogP contribution in [0.4, 0.5) is 0 Å². The van der Waals surface area contributed by atoms with Crippen LogP contribution in [-0.4, -0.2) is 47.4 Å². The molecule has 84 heavy (non-hydrogen) atoms. The maximum atomic E-state index is 12.6. The van der Waals surface area contributed by atoms with E-state index in [0.717, 1.165) is 38.5 Å². The van der Waals surface area contributed by atoms with E-state index in [0.29, 0.717) is 25.9 Å². The predicted octanol–water partition coefficient (Wildman–Crippen LogP) is 25.5. The summed E-state index contributed by atoms with van der Waals surface area (Å²) in [4.78, 5) is 24.6. The Bertz CT molecular complexity index is 1270. The van der Waals surface area contributed by atoms with Gasteiger partial charge in [0.05, 0.1) is 25.4 Å². The first-order valence-electron chi connectivity index (χ1n) is 38.9. The SMILES string of the molecule is CCCCCCCCCCCCCCCCCCCCCCCCCCC(O)C(CO)NC(=O)CCCCCCCCCCCCCCCCCC/C=C\CCCCCCCCCCCCCCOC(=O)CCCCCCCCCCCCC. The number of amides is 1. The van der Waals surface area contributed by atoms with E-state index in [4.69, 9.17) is 4.74 Å². The largest absolute Gasteiger partial charge is 0.466 e. The van der Waals surface area contributed by atoms with Crippen molar-refractivity contribution in [1.29, 1.82) is 0 Å². The van der Waals surface area contributed by atoms with Crippen molar-refractivity contribution in [2.75, 3.05) is 13.2 Å². The quantitative estimate of drug-likeness (QED) is 0.0320. The second-order valence-corrected chi connectivity index (χ2v) is 27.0. The Balaban J connectivity index is 3.36. The molecular weight excluding hydrogens is 1030 g/mol. The second-order valence-electron chi connectivity index (χ2n) is 27.0. The number of ether oxygens (including phenoxy) is 1. The first-order valence-corrected chi connectivity index (χ1v) is 38.9. The molecule has 0 saturated carbocycles. The fraction of sp³-hybridized carbons (Fsp3) is 0.949. The third kappa shape index (κ3) is 69.7. The molecule has 0 fully saturated rings. The molecule has 0 saturated heterocycles. The molecule has 2 atom stereocenters. The molecule has 0 aliphatic carbocycles. The Morgan fingerprint density at radius 2 is 0.560 bits per heavy atom. The average molecular weight is 1190 g/mol. The molecule has 0 radical (unpaired) electrons. The maximum Gasteiger partial charge on any atom is 0.305 e. The zero-order valence-electron chi connectivity index (χ0n) is 57.4. The highest BCUT2D eigenvalue weighted by Gasteiger charge is 2.20. The van der Waals surface area contributed by atoms with Crippen LogP contribution in [0.25, 0.3) is 0 Å². The Morgan fingerprint density at radius 3 is 0.845 bits per heavy atom. The number of allylic oxidation sites excluding steroid dienone is 2. The lowest BCUT2D eigenvalue weighted by molar-refractivity contribution is -0.143. The lowest BCUT2D eigenvalue weighted by atomic mass is 10.0. The van der Waals surface area contributed by atoms with Crippen molar-refractivity contribution in [2.45, 2.75) is 463 Å². The average Bonchev–Trinajstić information content (AvgIpc) is 3.50. The van der Waals surface area contributed by atoms with Crippen LogP contribution in [0.5, 0.6) is 0 Å². The molecule has 6 heteroatoms. The number of hydrogen-bond donors (Lipinski definition) is 3. The van der Waals surface area contributed by atoms with Gasteiger partial charge in [-0.3, -0.25) is 9.59 Å². The number of aliphatic hydroxyl groups excluding tert-OH is 2. The van der Waals surface area contributed by atoms with Crippen LogP contribution in [0.1, 0.15) is 450 Å². The van der Waals surface area contributed by atoms with Crippen molar-refractivity contribution >= 4 is 11.9 Å². The van der Waals surface area contributed by atoms with Crippen LogP contribution in [0.15, 0.2) is 12.2 Å². The van der Waals surface area contributed by atoms with Crippen LogP contribution in [-0.2, 0) is 14.3 Å². The summed E-state index contributed by atoms with van der Waals surface area (Å²) < 4.78 is 5.48. The topological polar surface area (TPSA) is 95.9 Å². The van der Waals surface area contributed by atoms with Gasteiger partial charge in [0, 0.05) is 12.8 Å². The lowest BCUT2D eigenvalue weighted by Gasteiger charge is -2.22. The molecule has 0 aliphatic heterocycles. The van der Waals surface area contributed by atoms with Gasteiger partial charge in [0.1, 0.15) is 0 Å². The monoisotopic (exact) mass is 1180 g/mol. The second kappa shape index (κ2) is 74.1. The molecule has 0 rings (SSSR count). The van der Waals surface area contributed by atoms with Crippen molar-refractivity contribution in [1.82, 2.24) is 5.32 Å². The summed E-state index contributed by atoms with van der Waals surface area (Å²) in [5, 5.41) is 23.5. The molecule has 0 aromatic rings. The Labute approximate surface area is 527 Å². The first kappa shape index (κ1) is 82.6. The summed E-state index contributed by atoms with van der Waals surface area (Å²) in [5.74, 6) is -0.00723. The number of carbonyl (C=O) groups excluding carboxylic acids is 2. The minimum atomic E-state index is -0.663. The molecule has 0 heterocycles. The van der Waals surface area contributed by atoms with E-state index in [9.17, 15) is 19.8 Å². The Hall–Kier alpha value is -1.40. The van der Waals surface area contributed by atoms with E-state index >= 15 is 0 Å². The summed E-state index contributed by atoms with van der Waals surface area (Å²) >= 11 is 0. The van der Waals surface area contributed by atoms with Gasteiger partial charge in [-0.1, -0.05) is 398 Å². The molecule has 2 unspecified atom stereocenters. The molecule has 1 amide bonds. The van der Waals surface area contributed by atoms with E-state index in [2.05, 4.69) is 31.3 Å². The zero-order valence-corrected chi connectivity index (χ0v) is 57.4. The van der Waals surface area contributed by atoms with Crippen molar-refractivity contribution in [3.63, 3.8) is 0 Å². The highest BCUT2D eigenvalue weighted by molar-refractivity contribution is 5.76. The van der Waals surface area contributed by atoms with Crippen LogP contribution in [0, 0.1) is 0 Å². The summed E-state index contributed by atoms with van der Waals surface area (Å²) in [5.41, 5.74) is 0. The highest BCUT2D eigenvalue weighted by atomic mass is 16.5. The summed E-state index contributed by atoms with van der Waals surface area (Å²) in [6, 6.07) is -0.540. The normalized spacial score (nSPS) is 12.5. The van der Waals surface area contributed by atoms with Gasteiger partial charge in [-0.15, -0.1) is 0 Å². The zero-order chi connectivity index (χ0) is 60.6. The summed E-state index contributed by atoms with van der Waals surface area (Å²) in [6.07, 6.45) is 93.0. The number of unbranched alkanes of at least 4 members (excludes halogenated alkanes) is 61. The van der Waals surface area contributed by atoms with E-state index in [1.54, 1.807) is 0 Å². The molecular formula is C78H153NO5. The van der Waals surface area contributed by atoms with Gasteiger partial charge >= 0.3 is 5.97 Å². The van der Waals surface area contributed by atoms with Gasteiger partial charge in [0.2, 0.25) is 5.91 Å². The van der Waals surface area contributed by atoms with Crippen molar-refractivity contribution < 1.29 is 24.5 Å². The van der Waals surface area contributed by atoms with E-state index in [1.165, 1.54) is 379 Å². The summed E-state index contributed by atoms with van der Waals surface area (Å²) in [7, 11) is 0. The maximum absolute atomic E-state index is 12.6. The number of esters is 1. The number of nitrogens with one attached hydrogen (secondary N) is 1. The standard InChI is InChI=1S/C78H153NO5/c1-3-5-7-9-11-13-15-16-17-18-19-20-21-32-35-38-41-44-47-51-54-58-62-66-70-76(81)75(74-80)79-77(82)71-67-63-59-55-52-48-45-42-39-36-33-30-28-26-24-22-23-25-27-29-31-34-37-40-43-46-49-53-57-61-65-69-73-84-78(83)72-68-64-60-56-50-14-12-10-8-6-4-2/h25,27,75-76,80-81H,3-24,26,28-74H2,1-2H3,(H,79,82)/b27-25-. The Morgan fingerprint density at radius 1 is 0.321 bits per heavy atom. The van der Waals surface area contributed by atoms with Crippen LogP contribution in [0.3, 0.4) is 0 Å². The number of aliphatic hydroxyl groups is 2. The molecule has 0 bridgehead atoms. The fourth-order valence-electron chi connectivity index (χ4n) is 12.6. The third-order valence-corrected chi connectivity index (χ3v) is 18.6. The molecule has 0 aromatic carbocycles. The lowest BCUT2D eigenvalue weighted by Crippen LogP contribution is -2.45. The van der Waals surface area contributed by atoms with Crippen LogP contribution >= 0.6 is 0 Å². The molecule has 0 aromatic heterocycles. The van der Waals surface area contributed by atoms with Crippen molar-refractivity contribution in [3.05, 3.63) is 12.2 Å². The smallest absolute Gasteiger partial charge is 0.305 e. The highest BCUT2D eigenvalue weighted by Crippen LogP contribution is 2.20. The van der Waals surface area contributed by atoms with E-state index in [-0.39, 0.29) is 18.5 Å². The van der Waals surface area contributed by atoms with Gasteiger partial charge in [-0.05, 0) is 51.4 Å². The van der Waals surface area contributed by atoms with E-state index in [1.807, 2.05) is 0 Å². The predicted molar refractivity (Wildman–Crippen MR) is 370 cm³/mol. The molecule has 3 N–H and O–H groups in total. The molecule has 0 aliphatic rings. The molecule has 6 nitrogen and oxygen atoms in total. The summed E-state index contributed by atoms with van der Waals surface area (Å²) in [6.45, 7) is 5.00. The van der Waals surface area contributed by atoms with Gasteiger partial charge in [-0.2, -0.15) is 0 Å². The minimum absolute atomic E-state index is 0.0190. The third-order valence-electron chi connectivity index (χ3n) is 18.6. The Kier molecular flexibility index (Phi) is 72.8. The van der Waals surface area contributed by atoms with E-state index < -0.39 is 12.1 Å². The van der Waals surface area contributed by atoms with Crippen molar-refractivity contribution in [2.24, 2.45) is 0 Å². The van der Waals surface area contributed by atoms with Gasteiger partial charge < -0.3 is 20.3 Å². The number of carbonyl (C=O) groups is 2. The van der Waals surface area contributed by atoms with Crippen LogP contribution < -0.4 is 5.32 Å². The first-order chi connectivity index (χ1) is 41.5. The minimum Gasteiger partial charge on any atom is -0.466 e. The van der Waals surface area contributed by atoms with Gasteiger partial charge in [-0.25, -0.2) is 0 Å². The number of hydrogen-bond acceptors (Lipinski definition) is 5. The molecule has 500 valence electrons. The number of rotatable bonds is 74. The van der Waals surface area contributed by atoms with Gasteiger partial charge in [0.15, 0.2) is 0 Å². The van der Waals surface area contributed by atoms with Crippen LogP contribution in [0.2, 0.25) is 0 Å².